The predicted molar refractivity (Wildman–Crippen MR) is 117 cm³/mol. The summed E-state index contributed by atoms with van der Waals surface area (Å²) in [7, 11) is -3.73. The van der Waals surface area contributed by atoms with E-state index in [0.717, 1.165) is 24.5 Å². The van der Waals surface area contributed by atoms with Crippen molar-refractivity contribution >= 4 is 33.2 Å². The summed E-state index contributed by atoms with van der Waals surface area (Å²) >= 11 is 0. The minimum atomic E-state index is -4.47. The fourth-order valence-corrected chi connectivity index (χ4v) is 4.24. The van der Waals surface area contributed by atoms with E-state index < -0.39 is 39.6 Å². The molecular formula is C22H22F3N3O4S. The van der Waals surface area contributed by atoms with Crippen LogP contribution in [0.3, 0.4) is 0 Å². The summed E-state index contributed by atoms with van der Waals surface area (Å²) in [6, 6.07) is 9.32. The second kappa shape index (κ2) is 9.26. The molecule has 33 heavy (non-hydrogen) atoms. The highest BCUT2D eigenvalue weighted by atomic mass is 32.2. The van der Waals surface area contributed by atoms with Gasteiger partial charge in [-0.2, -0.15) is 13.2 Å². The number of sulfonamides is 1. The lowest BCUT2D eigenvalue weighted by molar-refractivity contribution is -0.137. The van der Waals surface area contributed by atoms with Crippen molar-refractivity contribution < 1.29 is 31.2 Å². The number of hydrogen-bond acceptors (Lipinski definition) is 5. The first-order chi connectivity index (χ1) is 15.4. The van der Waals surface area contributed by atoms with E-state index >= 15 is 0 Å². The molecule has 1 atom stereocenters. The number of carbonyl (C=O) groups is 2. The number of nitrogens with one attached hydrogen (secondary N) is 2. The van der Waals surface area contributed by atoms with Crippen LogP contribution in [0.1, 0.15) is 16.7 Å². The van der Waals surface area contributed by atoms with Gasteiger partial charge in [0.1, 0.15) is 0 Å². The molecule has 1 aliphatic rings. The van der Waals surface area contributed by atoms with Gasteiger partial charge in [0.15, 0.2) is 0 Å². The smallest absolute Gasteiger partial charge is 0.348 e. The van der Waals surface area contributed by atoms with E-state index in [1.165, 1.54) is 12.1 Å². The lowest BCUT2D eigenvalue weighted by atomic mass is 9.91. The van der Waals surface area contributed by atoms with Crippen LogP contribution in [0.4, 0.5) is 24.5 Å². The molecule has 1 unspecified atom stereocenters. The Hall–Kier alpha value is -3.34. The summed E-state index contributed by atoms with van der Waals surface area (Å²) in [5.74, 6) is -1.13. The van der Waals surface area contributed by atoms with Gasteiger partial charge >= 0.3 is 6.18 Å². The summed E-state index contributed by atoms with van der Waals surface area (Å²) in [5, 5.41) is 2.79. The van der Waals surface area contributed by atoms with Gasteiger partial charge in [-0.1, -0.05) is 18.7 Å². The van der Waals surface area contributed by atoms with Crippen molar-refractivity contribution in [1.82, 2.24) is 10.0 Å². The lowest BCUT2D eigenvalue weighted by Crippen LogP contribution is -2.46. The van der Waals surface area contributed by atoms with Crippen LogP contribution in [0.25, 0.3) is 0 Å². The van der Waals surface area contributed by atoms with Crippen molar-refractivity contribution in [3.8, 4) is 0 Å². The third kappa shape index (κ3) is 6.13. The Morgan fingerprint density at radius 3 is 2.42 bits per heavy atom. The Morgan fingerprint density at radius 2 is 1.85 bits per heavy atom. The average molecular weight is 481 g/mol. The molecule has 2 amide bonds. The van der Waals surface area contributed by atoms with Gasteiger partial charge in [0.25, 0.3) is 0 Å². The maximum Gasteiger partial charge on any atom is 0.416 e. The van der Waals surface area contributed by atoms with Crippen LogP contribution in [0, 0.1) is 0 Å². The zero-order chi connectivity index (χ0) is 24.4. The lowest BCUT2D eigenvalue weighted by Gasteiger charge is -2.37. The zero-order valence-corrected chi connectivity index (χ0v) is 18.5. The van der Waals surface area contributed by atoms with Crippen molar-refractivity contribution in [3.05, 3.63) is 71.8 Å². The van der Waals surface area contributed by atoms with E-state index in [9.17, 15) is 31.2 Å². The largest absolute Gasteiger partial charge is 0.416 e. The van der Waals surface area contributed by atoms with Gasteiger partial charge in [0.2, 0.25) is 21.8 Å². The maximum absolute atomic E-state index is 13.0. The molecule has 176 valence electrons. The van der Waals surface area contributed by atoms with Gasteiger partial charge in [0.05, 0.1) is 24.3 Å². The molecule has 0 saturated heterocycles. The van der Waals surface area contributed by atoms with E-state index in [1.807, 2.05) is 4.72 Å². The van der Waals surface area contributed by atoms with Gasteiger partial charge in [0, 0.05) is 17.9 Å². The van der Waals surface area contributed by atoms with Crippen LogP contribution in [-0.2, 0) is 38.6 Å². The van der Waals surface area contributed by atoms with Gasteiger partial charge < -0.3 is 10.2 Å². The molecule has 0 aromatic heterocycles. The minimum absolute atomic E-state index is 0.223. The van der Waals surface area contributed by atoms with E-state index in [1.54, 1.807) is 23.1 Å². The molecule has 0 spiro atoms. The van der Waals surface area contributed by atoms with Gasteiger partial charge in [-0.15, -0.1) is 0 Å². The minimum Gasteiger partial charge on any atom is -0.348 e. The van der Waals surface area contributed by atoms with Gasteiger partial charge in [-0.25, -0.2) is 8.42 Å². The molecule has 11 heteroatoms. The molecule has 0 saturated carbocycles. The van der Waals surface area contributed by atoms with Crippen molar-refractivity contribution in [2.75, 3.05) is 17.7 Å². The molecule has 0 aliphatic carbocycles. The third-order valence-corrected chi connectivity index (χ3v) is 5.68. The van der Waals surface area contributed by atoms with Crippen LogP contribution in [-0.4, -0.2) is 39.1 Å². The van der Waals surface area contributed by atoms with Crippen LogP contribution in [0.2, 0.25) is 0 Å². The van der Waals surface area contributed by atoms with Crippen molar-refractivity contribution in [2.24, 2.45) is 0 Å². The summed E-state index contributed by atoms with van der Waals surface area (Å²) in [5.41, 5.74) is 1.57. The molecule has 1 heterocycles. The second-order valence-electron chi connectivity index (χ2n) is 7.66. The SMILES string of the molecule is C=CC(=O)NC1Cc2c(CC(=O)NS(C)(=O)=O)cccc2N(c2ccc(C(F)(F)F)cc2)C1. The summed E-state index contributed by atoms with van der Waals surface area (Å²) in [6.07, 6.45) is -2.37. The highest BCUT2D eigenvalue weighted by molar-refractivity contribution is 7.89. The Balaban J connectivity index is 2.01. The molecule has 2 aromatic carbocycles. The number of amides is 2. The van der Waals surface area contributed by atoms with E-state index in [2.05, 4.69) is 11.9 Å². The fourth-order valence-electron chi connectivity index (χ4n) is 3.75. The highest BCUT2D eigenvalue weighted by Gasteiger charge is 2.32. The maximum atomic E-state index is 13.0. The topological polar surface area (TPSA) is 95.6 Å². The van der Waals surface area contributed by atoms with Gasteiger partial charge in [-0.3, -0.25) is 14.3 Å². The van der Waals surface area contributed by atoms with E-state index in [0.29, 0.717) is 28.9 Å². The first-order valence-electron chi connectivity index (χ1n) is 9.86. The van der Waals surface area contributed by atoms with Crippen molar-refractivity contribution in [1.29, 1.82) is 0 Å². The second-order valence-corrected chi connectivity index (χ2v) is 9.41. The Labute approximate surface area is 189 Å². The summed E-state index contributed by atoms with van der Waals surface area (Å²) in [4.78, 5) is 25.9. The molecule has 3 rings (SSSR count). The number of alkyl halides is 3. The number of carbonyl (C=O) groups excluding carboxylic acids is 2. The molecular weight excluding hydrogens is 459 g/mol. The third-order valence-electron chi connectivity index (χ3n) is 5.08. The molecule has 2 N–H and O–H groups in total. The molecule has 7 nitrogen and oxygen atoms in total. The molecule has 0 radical (unpaired) electrons. The summed E-state index contributed by atoms with van der Waals surface area (Å²) < 4.78 is 63.6. The normalized spacial score (nSPS) is 16.0. The predicted octanol–water partition coefficient (Wildman–Crippen LogP) is 2.69. The van der Waals surface area contributed by atoms with Crippen LogP contribution >= 0.6 is 0 Å². The first-order valence-corrected chi connectivity index (χ1v) is 11.8. The number of hydrogen-bond donors (Lipinski definition) is 2. The molecule has 2 aromatic rings. The average Bonchev–Trinajstić information content (AvgIpc) is 2.71. The number of rotatable bonds is 6. The summed E-state index contributed by atoms with van der Waals surface area (Å²) in [6.45, 7) is 3.70. The zero-order valence-electron chi connectivity index (χ0n) is 17.6. The number of halogens is 3. The standard InChI is InChI=1S/C22H22F3N3O4S/c1-3-20(29)26-16-12-18-14(11-21(30)27-33(2,31)32)5-4-6-19(18)28(13-16)17-9-7-15(8-10-17)22(23,24)25/h3-10,16H,1,11-13H2,2H3,(H,26,29)(H,27,30). The van der Waals surface area contributed by atoms with Gasteiger partial charge in [-0.05, 0) is 54.0 Å². The molecule has 0 fully saturated rings. The highest BCUT2D eigenvalue weighted by Crippen LogP contribution is 2.37. The van der Waals surface area contributed by atoms with Crippen molar-refractivity contribution in [3.63, 3.8) is 0 Å². The molecule has 1 aliphatic heterocycles. The van der Waals surface area contributed by atoms with E-state index in [4.69, 9.17) is 0 Å². The fraction of sp³-hybridized carbons (Fsp3) is 0.273. The Morgan fingerprint density at radius 1 is 1.18 bits per heavy atom. The van der Waals surface area contributed by atoms with Crippen LogP contribution in [0.15, 0.2) is 55.1 Å². The van der Waals surface area contributed by atoms with Crippen molar-refractivity contribution in [2.45, 2.75) is 25.1 Å². The number of nitrogens with zero attached hydrogens (tertiary/aromatic N) is 1. The quantitative estimate of drug-likeness (QED) is 0.619. The van der Waals surface area contributed by atoms with Crippen LogP contribution in [0.5, 0.6) is 0 Å². The number of benzene rings is 2. The number of fused-ring (bicyclic) bond motifs is 1. The first kappa shape index (κ1) is 24.3. The molecule has 0 bridgehead atoms. The van der Waals surface area contributed by atoms with Crippen LogP contribution < -0.4 is 14.9 Å². The van der Waals surface area contributed by atoms with E-state index in [-0.39, 0.29) is 13.0 Å². The Kier molecular flexibility index (Phi) is 6.82. The Bertz CT molecular complexity index is 1180. The monoisotopic (exact) mass is 481 g/mol. The number of anilines is 2.